The molecule has 0 saturated carbocycles. The van der Waals surface area contributed by atoms with Gasteiger partial charge in [0.25, 0.3) is 11.5 Å². The second kappa shape index (κ2) is 6.62. The van der Waals surface area contributed by atoms with Crippen LogP contribution in [0.1, 0.15) is 21.6 Å². The van der Waals surface area contributed by atoms with Crippen LogP contribution >= 0.6 is 0 Å². The van der Waals surface area contributed by atoms with E-state index in [1.807, 2.05) is 0 Å². The van der Waals surface area contributed by atoms with Crippen LogP contribution in [0, 0.1) is 0 Å². The molecule has 134 valence electrons. The molecular weight excluding hydrogens is 347 g/mol. The number of hydrogen-bond acceptors (Lipinski definition) is 3. The largest absolute Gasteiger partial charge is 0.416 e. The lowest BCUT2D eigenvalue weighted by Gasteiger charge is -2.18. The Balaban J connectivity index is 1.85. The molecule has 1 amide bonds. The van der Waals surface area contributed by atoms with E-state index in [4.69, 9.17) is 0 Å². The number of aromatic amines is 1. The lowest BCUT2D eigenvalue weighted by Crippen LogP contribution is -2.28. The second-order valence-electron chi connectivity index (χ2n) is 5.80. The summed E-state index contributed by atoms with van der Waals surface area (Å²) in [4.78, 5) is 25.8. The molecule has 26 heavy (non-hydrogen) atoms. The first-order valence-electron chi connectivity index (χ1n) is 7.66. The summed E-state index contributed by atoms with van der Waals surface area (Å²) in [5.41, 5.74) is -0.525. The first kappa shape index (κ1) is 17.7. The number of alkyl halides is 3. The number of rotatable bonds is 3. The standard InChI is InChI=1S/C18H14F3N3O2/c1-24(10-11-6-8-12(9-7-11)18(19,20)21)17(26)15-13-4-2-3-5-14(13)16(25)23-22-15/h2-9H,10H2,1H3,(H,23,25). The topological polar surface area (TPSA) is 66.1 Å². The predicted molar refractivity (Wildman–Crippen MR) is 89.6 cm³/mol. The molecule has 0 aliphatic heterocycles. The molecule has 0 unspecified atom stereocenters. The minimum atomic E-state index is -4.40. The van der Waals surface area contributed by atoms with E-state index < -0.39 is 23.2 Å². The Kier molecular flexibility index (Phi) is 4.50. The number of fused-ring (bicyclic) bond motifs is 1. The van der Waals surface area contributed by atoms with E-state index in [2.05, 4.69) is 10.2 Å². The summed E-state index contributed by atoms with van der Waals surface area (Å²) >= 11 is 0. The minimum absolute atomic E-state index is 0.0783. The third kappa shape index (κ3) is 3.44. The average molecular weight is 361 g/mol. The monoisotopic (exact) mass is 361 g/mol. The number of halogens is 3. The molecular formula is C18H14F3N3O2. The predicted octanol–water partition coefficient (Wildman–Crippen LogP) is 3.21. The van der Waals surface area contributed by atoms with Crippen LogP contribution in [0.2, 0.25) is 0 Å². The Morgan fingerprint density at radius 2 is 1.69 bits per heavy atom. The molecule has 2 aromatic carbocycles. The lowest BCUT2D eigenvalue weighted by atomic mass is 10.1. The van der Waals surface area contributed by atoms with Gasteiger partial charge >= 0.3 is 6.18 Å². The molecule has 3 aromatic rings. The van der Waals surface area contributed by atoms with Gasteiger partial charge in [-0.15, -0.1) is 0 Å². The molecule has 1 heterocycles. The molecule has 0 bridgehead atoms. The van der Waals surface area contributed by atoms with Crippen LogP contribution in [0.25, 0.3) is 10.8 Å². The fraction of sp³-hybridized carbons (Fsp3) is 0.167. The van der Waals surface area contributed by atoms with Crippen molar-refractivity contribution in [2.24, 2.45) is 0 Å². The molecule has 0 atom stereocenters. The fourth-order valence-electron chi connectivity index (χ4n) is 2.60. The first-order chi connectivity index (χ1) is 12.3. The number of H-pyrrole nitrogens is 1. The number of benzene rings is 2. The first-order valence-corrected chi connectivity index (χ1v) is 7.66. The number of nitrogens with one attached hydrogen (secondary N) is 1. The molecule has 0 saturated heterocycles. The van der Waals surface area contributed by atoms with Crippen LogP contribution in [0.5, 0.6) is 0 Å². The van der Waals surface area contributed by atoms with E-state index in [9.17, 15) is 22.8 Å². The highest BCUT2D eigenvalue weighted by atomic mass is 19.4. The normalized spacial score (nSPS) is 11.5. The summed E-state index contributed by atoms with van der Waals surface area (Å²) in [7, 11) is 1.52. The summed E-state index contributed by atoms with van der Waals surface area (Å²) in [6.07, 6.45) is -4.40. The molecule has 8 heteroatoms. The van der Waals surface area contributed by atoms with Crippen molar-refractivity contribution in [2.75, 3.05) is 7.05 Å². The van der Waals surface area contributed by atoms with E-state index >= 15 is 0 Å². The number of carbonyl (C=O) groups is 1. The zero-order valence-corrected chi connectivity index (χ0v) is 13.7. The van der Waals surface area contributed by atoms with Crippen molar-refractivity contribution < 1.29 is 18.0 Å². The van der Waals surface area contributed by atoms with Crippen LogP contribution in [-0.4, -0.2) is 28.1 Å². The van der Waals surface area contributed by atoms with E-state index in [0.29, 0.717) is 16.3 Å². The van der Waals surface area contributed by atoms with Gasteiger partial charge in [0, 0.05) is 19.0 Å². The van der Waals surface area contributed by atoms with Crippen LogP contribution in [0.4, 0.5) is 13.2 Å². The summed E-state index contributed by atoms with van der Waals surface area (Å²) in [6.45, 7) is 0.103. The van der Waals surface area contributed by atoms with Crippen molar-refractivity contribution in [2.45, 2.75) is 12.7 Å². The van der Waals surface area contributed by atoms with E-state index in [1.165, 1.54) is 24.1 Å². The third-order valence-electron chi connectivity index (χ3n) is 3.95. The molecule has 0 fully saturated rings. The van der Waals surface area contributed by atoms with E-state index in [0.717, 1.165) is 12.1 Å². The van der Waals surface area contributed by atoms with Gasteiger partial charge in [-0.05, 0) is 23.8 Å². The summed E-state index contributed by atoms with van der Waals surface area (Å²) < 4.78 is 37.8. The molecule has 1 N–H and O–H groups in total. The van der Waals surface area contributed by atoms with Crippen molar-refractivity contribution in [3.63, 3.8) is 0 Å². The summed E-state index contributed by atoms with van der Waals surface area (Å²) in [5.74, 6) is -0.447. The Hall–Kier alpha value is -3.16. The van der Waals surface area contributed by atoms with Gasteiger partial charge in [0.2, 0.25) is 0 Å². The molecule has 0 spiro atoms. The molecule has 5 nitrogen and oxygen atoms in total. The van der Waals surface area contributed by atoms with Gasteiger partial charge in [-0.3, -0.25) is 9.59 Å². The molecule has 0 aliphatic rings. The van der Waals surface area contributed by atoms with Crippen molar-refractivity contribution >= 4 is 16.7 Å². The fourth-order valence-corrected chi connectivity index (χ4v) is 2.60. The minimum Gasteiger partial charge on any atom is -0.336 e. The quantitative estimate of drug-likeness (QED) is 0.779. The van der Waals surface area contributed by atoms with Crippen molar-refractivity contribution in [1.82, 2.24) is 15.1 Å². The number of nitrogens with zero attached hydrogens (tertiary/aromatic N) is 2. The van der Waals surface area contributed by atoms with Crippen LogP contribution < -0.4 is 5.56 Å². The van der Waals surface area contributed by atoms with E-state index in [1.54, 1.807) is 24.3 Å². The maximum absolute atomic E-state index is 12.7. The van der Waals surface area contributed by atoms with Gasteiger partial charge < -0.3 is 4.90 Å². The maximum atomic E-state index is 12.7. The van der Waals surface area contributed by atoms with Crippen LogP contribution in [0.3, 0.4) is 0 Å². The molecule has 1 aromatic heterocycles. The highest BCUT2D eigenvalue weighted by molar-refractivity contribution is 6.04. The van der Waals surface area contributed by atoms with Crippen molar-refractivity contribution in [3.05, 3.63) is 75.7 Å². The summed E-state index contributed by atoms with van der Waals surface area (Å²) in [6, 6.07) is 11.2. The Morgan fingerprint density at radius 3 is 2.31 bits per heavy atom. The summed E-state index contributed by atoms with van der Waals surface area (Å²) in [5, 5.41) is 6.89. The van der Waals surface area contributed by atoms with Gasteiger partial charge in [-0.25, -0.2) is 5.10 Å². The van der Waals surface area contributed by atoms with Crippen LogP contribution in [-0.2, 0) is 12.7 Å². The Bertz CT molecular complexity index is 1010. The highest BCUT2D eigenvalue weighted by Crippen LogP contribution is 2.29. The van der Waals surface area contributed by atoms with Gasteiger partial charge in [-0.2, -0.15) is 18.3 Å². The Morgan fingerprint density at radius 1 is 1.08 bits per heavy atom. The lowest BCUT2D eigenvalue weighted by molar-refractivity contribution is -0.137. The molecule has 3 rings (SSSR count). The van der Waals surface area contributed by atoms with Crippen LogP contribution in [0.15, 0.2) is 53.3 Å². The number of carbonyl (C=O) groups excluding carboxylic acids is 1. The Labute approximate surface area is 146 Å². The highest BCUT2D eigenvalue weighted by Gasteiger charge is 2.30. The second-order valence-corrected chi connectivity index (χ2v) is 5.80. The van der Waals surface area contributed by atoms with Gasteiger partial charge in [0.05, 0.1) is 10.9 Å². The van der Waals surface area contributed by atoms with Gasteiger partial charge in [-0.1, -0.05) is 30.3 Å². The zero-order valence-electron chi connectivity index (χ0n) is 13.7. The average Bonchev–Trinajstić information content (AvgIpc) is 2.61. The molecule has 0 radical (unpaired) electrons. The van der Waals surface area contributed by atoms with Gasteiger partial charge in [0.1, 0.15) is 0 Å². The number of aromatic nitrogens is 2. The van der Waals surface area contributed by atoms with E-state index in [-0.39, 0.29) is 12.2 Å². The third-order valence-corrected chi connectivity index (χ3v) is 3.95. The smallest absolute Gasteiger partial charge is 0.336 e. The molecule has 0 aliphatic carbocycles. The van der Waals surface area contributed by atoms with Crippen molar-refractivity contribution in [1.29, 1.82) is 0 Å². The van der Waals surface area contributed by atoms with Crippen molar-refractivity contribution in [3.8, 4) is 0 Å². The number of hydrogen-bond donors (Lipinski definition) is 1. The van der Waals surface area contributed by atoms with Gasteiger partial charge in [0.15, 0.2) is 5.69 Å². The zero-order chi connectivity index (χ0) is 18.9. The number of amides is 1. The SMILES string of the molecule is CN(Cc1ccc(C(F)(F)F)cc1)C(=O)c1n[nH]c(=O)c2ccccc12. The maximum Gasteiger partial charge on any atom is 0.416 e.